The third-order valence-electron chi connectivity index (χ3n) is 4.26. The lowest BCUT2D eigenvalue weighted by molar-refractivity contribution is -0.0437. The lowest BCUT2D eigenvalue weighted by Crippen LogP contribution is -2.23. The number of hydrogen-bond donors (Lipinski definition) is 0. The Morgan fingerprint density at radius 3 is 2.25 bits per heavy atom. The van der Waals surface area contributed by atoms with Crippen molar-refractivity contribution in [3.05, 3.63) is 60.4 Å². The molecule has 1 aromatic heterocycles. The lowest BCUT2D eigenvalue weighted by atomic mass is 10.3. The molecule has 1 aliphatic carbocycles. The average Bonchev–Trinajstić information content (AvgIpc) is 3.42. The second-order valence-corrected chi connectivity index (χ2v) is 9.20. The number of benzene rings is 2. The molecule has 0 saturated heterocycles. The van der Waals surface area contributed by atoms with E-state index in [1.165, 1.54) is 18.2 Å². The summed E-state index contributed by atoms with van der Waals surface area (Å²) in [6.45, 7) is 0. The van der Waals surface area contributed by atoms with Gasteiger partial charge in [0, 0.05) is 16.5 Å². The van der Waals surface area contributed by atoms with Gasteiger partial charge in [-0.15, -0.1) is 10.2 Å². The van der Waals surface area contributed by atoms with Crippen LogP contribution in [0.15, 0.2) is 69.5 Å². The first-order chi connectivity index (χ1) is 13.3. The summed E-state index contributed by atoms with van der Waals surface area (Å²) in [6, 6.07) is 14.3. The predicted octanol–water partition coefficient (Wildman–Crippen LogP) is 4.59. The molecule has 0 atom stereocenters. The number of sulfone groups is 1. The molecule has 28 heavy (non-hydrogen) atoms. The molecule has 10 heteroatoms. The Kier molecular flexibility index (Phi) is 4.70. The Balaban J connectivity index is 1.80. The van der Waals surface area contributed by atoms with E-state index in [0.29, 0.717) is 5.16 Å². The summed E-state index contributed by atoms with van der Waals surface area (Å²) in [5.74, 6) is 0.973. The Hall–Kier alpha value is -2.33. The first-order valence-electron chi connectivity index (χ1n) is 8.38. The van der Waals surface area contributed by atoms with E-state index in [-0.39, 0.29) is 10.8 Å². The highest BCUT2D eigenvalue weighted by molar-refractivity contribution is 8.00. The van der Waals surface area contributed by atoms with E-state index in [9.17, 15) is 21.6 Å². The quantitative estimate of drug-likeness (QED) is 0.598. The minimum absolute atomic E-state index is 0.0493. The molecule has 1 fully saturated rings. The van der Waals surface area contributed by atoms with Gasteiger partial charge in [-0.2, -0.15) is 13.2 Å². The molecule has 1 heterocycles. The van der Waals surface area contributed by atoms with Crippen LogP contribution < -0.4 is 0 Å². The van der Waals surface area contributed by atoms with E-state index in [1.54, 1.807) is 4.57 Å². The molecule has 0 amide bonds. The first-order valence-corrected chi connectivity index (χ1v) is 10.7. The molecule has 0 spiro atoms. The van der Waals surface area contributed by atoms with E-state index >= 15 is 0 Å². The number of hydrogen-bond acceptors (Lipinski definition) is 5. The maximum Gasteiger partial charge on any atom is 0.501 e. The molecule has 5 nitrogen and oxygen atoms in total. The smallest absolute Gasteiger partial charge is 0.274 e. The van der Waals surface area contributed by atoms with Crippen molar-refractivity contribution in [3.8, 4) is 5.69 Å². The number of alkyl halides is 3. The molecule has 1 saturated carbocycles. The van der Waals surface area contributed by atoms with Crippen molar-refractivity contribution in [1.82, 2.24) is 14.8 Å². The third kappa shape index (κ3) is 3.42. The highest BCUT2D eigenvalue weighted by Gasteiger charge is 2.48. The van der Waals surface area contributed by atoms with Crippen LogP contribution in [0.3, 0.4) is 0 Å². The maximum absolute atomic E-state index is 13.1. The third-order valence-corrected chi connectivity index (χ3v) is 6.96. The zero-order valence-corrected chi connectivity index (χ0v) is 15.9. The zero-order chi connectivity index (χ0) is 19.9. The molecule has 3 aromatic rings. The Bertz CT molecular complexity index is 1110. The summed E-state index contributed by atoms with van der Waals surface area (Å²) in [6.07, 6.45) is 1.93. The second kappa shape index (κ2) is 6.93. The van der Waals surface area contributed by atoms with E-state index in [2.05, 4.69) is 10.2 Å². The molecule has 0 radical (unpaired) electrons. The maximum atomic E-state index is 13.1. The van der Waals surface area contributed by atoms with Crippen LogP contribution in [0.1, 0.15) is 24.6 Å². The van der Waals surface area contributed by atoms with Gasteiger partial charge in [0.15, 0.2) is 0 Å². The monoisotopic (exact) mass is 425 g/mol. The number of aromatic nitrogens is 3. The second-order valence-electron chi connectivity index (χ2n) is 6.28. The van der Waals surface area contributed by atoms with Crippen molar-refractivity contribution in [2.24, 2.45) is 0 Å². The van der Waals surface area contributed by atoms with Crippen LogP contribution in [-0.2, 0) is 9.84 Å². The fourth-order valence-electron chi connectivity index (χ4n) is 2.75. The number of para-hydroxylation sites is 1. The number of nitrogens with zero attached hydrogens (tertiary/aromatic N) is 3. The van der Waals surface area contributed by atoms with Crippen LogP contribution in [0.5, 0.6) is 0 Å². The van der Waals surface area contributed by atoms with Crippen molar-refractivity contribution >= 4 is 21.6 Å². The Morgan fingerprint density at radius 2 is 1.61 bits per heavy atom. The molecule has 0 unspecified atom stereocenters. The minimum atomic E-state index is -5.48. The summed E-state index contributed by atoms with van der Waals surface area (Å²) in [5, 5.41) is 8.66. The van der Waals surface area contributed by atoms with Gasteiger partial charge in [0.05, 0.1) is 4.90 Å². The SMILES string of the molecule is O=S(=O)(c1ccccc1Sc1nnc(C2CC2)n1-c1ccccc1)C(F)(F)F. The molecule has 1 aliphatic rings. The van der Waals surface area contributed by atoms with Gasteiger partial charge in [-0.3, -0.25) is 4.57 Å². The summed E-state index contributed by atoms with van der Waals surface area (Å²) >= 11 is 0.855. The standard InChI is InChI=1S/C18H14F3N3O2S2/c19-18(20,21)28(25,26)15-9-5-4-8-14(15)27-17-23-22-16(12-10-11-12)24(17)13-6-2-1-3-7-13/h1-9,12H,10-11H2. The van der Waals surface area contributed by atoms with Crippen LogP contribution in [0.25, 0.3) is 5.69 Å². The van der Waals surface area contributed by atoms with Crippen molar-refractivity contribution in [1.29, 1.82) is 0 Å². The van der Waals surface area contributed by atoms with Crippen LogP contribution in [0.2, 0.25) is 0 Å². The Labute approximate surface area is 163 Å². The number of rotatable bonds is 5. The van der Waals surface area contributed by atoms with E-state index in [0.717, 1.165) is 42.2 Å². The van der Waals surface area contributed by atoms with E-state index in [1.807, 2.05) is 30.3 Å². The lowest BCUT2D eigenvalue weighted by Gasteiger charge is -2.13. The van der Waals surface area contributed by atoms with Gasteiger partial charge >= 0.3 is 5.51 Å². The van der Waals surface area contributed by atoms with Crippen molar-refractivity contribution < 1.29 is 21.6 Å². The topological polar surface area (TPSA) is 64.8 Å². The van der Waals surface area contributed by atoms with Crippen molar-refractivity contribution in [3.63, 3.8) is 0 Å². The summed E-state index contributed by atoms with van der Waals surface area (Å²) in [4.78, 5) is -0.838. The molecular weight excluding hydrogens is 411 g/mol. The van der Waals surface area contributed by atoms with Crippen LogP contribution in [0.4, 0.5) is 13.2 Å². The zero-order valence-electron chi connectivity index (χ0n) is 14.3. The van der Waals surface area contributed by atoms with Gasteiger partial charge in [-0.1, -0.05) is 30.3 Å². The predicted molar refractivity (Wildman–Crippen MR) is 97.1 cm³/mol. The van der Waals surface area contributed by atoms with Gasteiger partial charge in [0.25, 0.3) is 9.84 Å². The van der Waals surface area contributed by atoms with Crippen LogP contribution in [0, 0.1) is 0 Å². The van der Waals surface area contributed by atoms with Crippen LogP contribution >= 0.6 is 11.8 Å². The molecule has 4 rings (SSSR count). The van der Waals surface area contributed by atoms with Gasteiger partial charge in [-0.05, 0) is 48.9 Å². The summed E-state index contributed by atoms with van der Waals surface area (Å²) < 4.78 is 64.9. The highest BCUT2D eigenvalue weighted by atomic mass is 32.2. The fraction of sp³-hybridized carbons (Fsp3) is 0.222. The van der Waals surface area contributed by atoms with E-state index < -0.39 is 20.2 Å². The molecular formula is C18H14F3N3O2S2. The summed E-state index contributed by atoms with van der Waals surface area (Å²) in [5.41, 5.74) is -4.61. The molecule has 0 N–H and O–H groups in total. The van der Waals surface area contributed by atoms with Crippen molar-refractivity contribution in [2.45, 2.75) is 39.2 Å². The molecule has 0 aliphatic heterocycles. The normalized spacial score (nSPS) is 15.0. The summed E-state index contributed by atoms with van der Waals surface area (Å²) in [7, 11) is -5.48. The Morgan fingerprint density at radius 1 is 0.964 bits per heavy atom. The molecule has 2 aromatic carbocycles. The largest absolute Gasteiger partial charge is 0.501 e. The van der Waals surface area contributed by atoms with Gasteiger partial charge in [-0.25, -0.2) is 8.42 Å². The highest BCUT2D eigenvalue weighted by Crippen LogP contribution is 2.43. The van der Waals surface area contributed by atoms with Gasteiger partial charge in [0.2, 0.25) is 5.16 Å². The van der Waals surface area contributed by atoms with Crippen molar-refractivity contribution in [2.75, 3.05) is 0 Å². The number of halogens is 3. The molecule has 0 bridgehead atoms. The average molecular weight is 425 g/mol. The van der Waals surface area contributed by atoms with E-state index in [4.69, 9.17) is 0 Å². The molecule has 146 valence electrons. The van der Waals surface area contributed by atoms with Crippen LogP contribution in [-0.4, -0.2) is 28.7 Å². The first kappa shape index (κ1) is 19.0. The minimum Gasteiger partial charge on any atom is -0.274 e. The van der Waals surface area contributed by atoms with Gasteiger partial charge in [0.1, 0.15) is 5.82 Å². The fourth-order valence-corrected chi connectivity index (χ4v) is 4.93. The van der Waals surface area contributed by atoms with Gasteiger partial charge < -0.3 is 0 Å².